The number of hydrogen-bond acceptors (Lipinski definition) is 3. The number of hydrogen-bond donors (Lipinski definition) is 1. The number of benzene rings is 1. The zero-order valence-corrected chi connectivity index (χ0v) is 14.0. The third kappa shape index (κ3) is 3.40. The van der Waals surface area contributed by atoms with Gasteiger partial charge in [-0.25, -0.2) is 9.18 Å². The Morgan fingerprint density at radius 1 is 1.28 bits per heavy atom. The molecule has 1 aromatic heterocycles. The van der Waals surface area contributed by atoms with Crippen molar-refractivity contribution in [1.29, 1.82) is 0 Å². The van der Waals surface area contributed by atoms with Crippen molar-refractivity contribution < 1.29 is 9.18 Å². The first kappa shape index (κ1) is 17.1. The number of nitrogens with zero attached hydrogens (tertiary/aromatic N) is 2. The average Bonchev–Trinajstić information content (AvgIpc) is 2.60. The van der Waals surface area contributed by atoms with Gasteiger partial charge in [0.15, 0.2) is 0 Å². The topological polar surface area (TPSA) is 75.2 Å². The van der Waals surface area contributed by atoms with Gasteiger partial charge in [-0.3, -0.25) is 14.2 Å². The molecule has 6 nitrogen and oxygen atoms in total. The third-order valence-electron chi connectivity index (χ3n) is 4.64. The molecule has 0 radical (unpaired) electrons. The summed E-state index contributed by atoms with van der Waals surface area (Å²) in [7, 11) is 0. The van der Waals surface area contributed by atoms with Crippen molar-refractivity contribution in [2.75, 3.05) is 6.54 Å². The van der Waals surface area contributed by atoms with Crippen molar-refractivity contribution in [2.45, 2.75) is 38.8 Å². The molecule has 132 valence electrons. The molecule has 1 aliphatic heterocycles. The zero-order valence-electron chi connectivity index (χ0n) is 14.0. The van der Waals surface area contributed by atoms with E-state index in [-0.39, 0.29) is 23.7 Å². The lowest BCUT2D eigenvalue weighted by molar-refractivity contribution is 0.0632. The second-order valence-corrected chi connectivity index (χ2v) is 6.33. The SMILES string of the molecule is CC1CCCCN1C(=O)c1c[nH]c(=O)n(Cc2ccccc2F)c1=O. The highest BCUT2D eigenvalue weighted by atomic mass is 19.1. The maximum absolute atomic E-state index is 13.8. The van der Waals surface area contributed by atoms with Gasteiger partial charge in [0.1, 0.15) is 11.4 Å². The summed E-state index contributed by atoms with van der Waals surface area (Å²) in [4.78, 5) is 41.5. The van der Waals surface area contributed by atoms with Crippen molar-refractivity contribution in [2.24, 2.45) is 0 Å². The van der Waals surface area contributed by atoms with E-state index in [1.165, 1.54) is 18.2 Å². The second-order valence-electron chi connectivity index (χ2n) is 6.33. The highest BCUT2D eigenvalue weighted by Gasteiger charge is 2.27. The van der Waals surface area contributed by atoms with Gasteiger partial charge in [-0.15, -0.1) is 0 Å². The van der Waals surface area contributed by atoms with E-state index in [0.717, 1.165) is 30.0 Å². The maximum Gasteiger partial charge on any atom is 0.328 e. The predicted molar refractivity (Wildman–Crippen MR) is 91.2 cm³/mol. The molecule has 1 N–H and O–H groups in total. The second kappa shape index (κ2) is 7.04. The fraction of sp³-hybridized carbons (Fsp3) is 0.389. The number of likely N-dealkylation sites (tertiary alicyclic amines) is 1. The number of rotatable bonds is 3. The van der Waals surface area contributed by atoms with Crippen LogP contribution in [0.3, 0.4) is 0 Å². The minimum atomic E-state index is -0.699. The van der Waals surface area contributed by atoms with E-state index >= 15 is 0 Å². The molecular weight excluding hydrogens is 325 g/mol. The summed E-state index contributed by atoms with van der Waals surface area (Å²) in [5, 5.41) is 0. The van der Waals surface area contributed by atoms with Crippen molar-refractivity contribution in [3.63, 3.8) is 0 Å². The van der Waals surface area contributed by atoms with Gasteiger partial charge in [0.25, 0.3) is 11.5 Å². The summed E-state index contributed by atoms with van der Waals surface area (Å²) in [6.45, 7) is 2.31. The Balaban J connectivity index is 1.98. The molecule has 0 bridgehead atoms. The van der Waals surface area contributed by atoms with E-state index < -0.39 is 23.0 Å². The largest absolute Gasteiger partial charge is 0.336 e. The highest BCUT2D eigenvalue weighted by molar-refractivity contribution is 5.93. The Labute approximate surface area is 143 Å². The van der Waals surface area contributed by atoms with Crippen LogP contribution in [0.1, 0.15) is 42.1 Å². The first-order chi connectivity index (χ1) is 12.0. The average molecular weight is 345 g/mol. The van der Waals surface area contributed by atoms with E-state index in [0.29, 0.717) is 6.54 Å². The van der Waals surface area contributed by atoms with E-state index in [1.807, 2.05) is 6.92 Å². The molecule has 2 heterocycles. The normalized spacial score (nSPS) is 17.5. The minimum Gasteiger partial charge on any atom is -0.336 e. The quantitative estimate of drug-likeness (QED) is 0.921. The molecule has 1 amide bonds. The van der Waals surface area contributed by atoms with Gasteiger partial charge in [0.2, 0.25) is 0 Å². The number of aromatic nitrogens is 2. The van der Waals surface area contributed by atoms with Crippen molar-refractivity contribution in [3.8, 4) is 0 Å². The van der Waals surface area contributed by atoms with Crippen LogP contribution in [0, 0.1) is 5.82 Å². The molecule has 25 heavy (non-hydrogen) atoms. The standard InChI is InChI=1S/C18H20FN3O3/c1-12-6-4-5-9-21(12)16(23)14-10-20-18(25)22(17(14)24)11-13-7-2-3-8-15(13)19/h2-3,7-8,10,12H,4-6,9,11H2,1H3,(H,20,25). The molecule has 3 rings (SSSR count). The van der Waals surface area contributed by atoms with E-state index in [1.54, 1.807) is 11.0 Å². The van der Waals surface area contributed by atoms with Gasteiger partial charge in [0.05, 0.1) is 6.54 Å². The van der Waals surface area contributed by atoms with Crippen molar-refractivity contribution in [1.82, 2.24) is 14.5 Å². The van der Waals surface area contributed by atoms with Crippen LogP contribution in [0.15, 0.2) is 40.1 Å². The smallest absolute Gasteiger partial charge is 0.328 e. The van der Waals surface area contributed by atoms with Gasteiger partial charge in [-0.05, 0) is 32.3 Å². The van der Waals surface area contributed by atoms with Crippen molar-refractivity contribution in [3.05, 3.63) is 68.2 Å². The molecule has 7 heteroatoms. The molecule has 1 aromatic carbocycles. The minimum absolute atomic E-state index is 0.0487. The summed E-state index contributed by atoms with van der Waals surface area (Å²) in [6.07, 6.45) is 3.99. The number of nitrogens with one attached hydrogen (secondary N) is 1. The summed E-state index contributed by atoms with van der Waals surface area (Å²) in [6, 6.07) is 5.97. The first-order valence-electron chi connectivity index (χ1n) is 8.36. The van der Waals surface area contributed by atoms with Gasteiger partial charge in [-0.1, -0.05) is 18.2 Å². The molecule has 1 aliphatic rings. The Kier molecular flexibility index (Phi) is 4.83. The summed E-state index contributed by atoms with van der Waals surface area (Å²) >= 11 is 0. The van der Waals surface area contributed by atoms with E-state index in [4.69, 9.17) is 0 Å². The molecule has 1 unspecified atom stereocenters. The van der Waals surface area contributed by atoms with Crippen LogP contribution in [0.4, 0.5) is 4.39 Å². The zero-order chi connectivity index (χ0) is 18.0. The molecular formula is C18H20FN3O3. The predicted octanol–water partition coefficient (Wildman–Crippen LogP) is 1.74. The Hall–Kier alpha value is -2.70. The molecule has 0 aliphatic carbocycles. The molecule has 0 spiro atoms. The van der Waals surface area contributed by atoms with Crippen LogP contribution in [0.2, 0.25) is 0 Å². The lowest BCUT2D eigenvalue weighted by Crippen LogP contribution is -2.46. The Bertz CT molecular complexity index is 903. The highest BCUT2D eigenvalue weighted by Crippen LogP contribution is 2.18. The van der Waals surface area contributed by atoms with Gasteiger partial charge in [-0.2, -0.15) is 0 Å². The summed E-state index contributed by atoms with van der Waals surface area (Å²) < 4.78 is 14.7. The number of carbonyl (C=O) groups is 1. The fourth-order valence-electron chi connectivity index (χ4n) is 3.16. The maximum atomic E-state index is 13.8. The Morgan fingerprint density at radius 3 is 2.76 bits per heavy atom. The number of piperidine rings is 1. The van der Waals surface area contributed by atoms with Crippen LogP contribution in [-0.2, 0) is 6.54 Å². The number of amides is 1. The lowest BCUT2D eigenvalue weighted by atomic mass is 10.0. The van der Waals surface area contributed by atoms with Crippen LogP contribution in [0.25, 0.3) is 0 Å². The third-order valence-corrected chi connectivity index (χ3v) is 4.64. The first-order valence-corrected chi connectivity index (χ1v) is 8.36. The van der Waals surface area contributed by atoms with Gasteiger partial charge < -0.3 is 9.88 Å². The Morgan fingerprint density at radius 2 is 2.04 bits per heavy atom. The summed E-state index contributed by atoms with van der Waals surface area (Å²) in [5.74, 6) is -0.897. The van der Waals surface area contributed by atoms with E-state index in [2.05, 4.69) is 4.98 Å². The molecule has 0 saturated carbocycles. The lowest BCUT2D eigenvalue weighted by Gasteiger charge is -2.33. The number of H-pyrrole nitrogens is 1. The fourth-order valence-corrected chi connectivity index (χ4v) is 3.16. The van der Waals surface area contributed by atoms with Crippen LogP contribution < -0.4 is 11.2 Å². The van der Waals surface area contributed by atoms with Crippen LogP contribution in [0.5, 0.6) is 0 Å². The number of carbonyl (C=O) groups excluding carboxylic acids is 1. The number of halogens is 1. The monoisotopic (exact) mass is 345 g/mol. The van der Waals surface area contributed by atoms with Crippen LogP contribution in [-0.4, -0.2) is 32.9 Å². The number of aromatic amines is 1. The molecule has 1 atom stereocenters. The van der Waals surface area contributed by atoms with Crippen molar-refractivity contribution >= 4 is 5.91 Å². The molecule has 1 fully saturated rings. The van der Waals surface area contributed by atoms with Gasteiger partial charge >= 0.3 is 5.69 Å². The van der Waals surface area contributed by atoms with Crippen LogP contribution >= 0.6 is 0 Å². The summed E-state index contributed by atoms with van der Waals surface area (Å²) in [5.41, 5.74) is -1.25. The van der Waals surface area contributed by atoms with Gasteiger partial charge in [0, 0.05) is 24.3 Å². The molecule has 1 saturated heterocycles. The van der Waals surface area contributed by atoms with E-state index in [9.17, 15) is 18.8 Å². The molecule has 2 aromatic rings.